The van der Waals surface area contributed by atoms with Crippen LogP contribution in [0.4, 0.5) is 11.6 Å². The van der Waals surface area contributed by atoms with Crippen LogP contribution in [-0.4, -0.2) is 23.2 Å². The zero-order valence-corrected chi connectivity index (χ0v) is 18.7. The molecule has 8 heteroatoms. The summed E-state index contributed by atoms with van der Waals surface area (Å²) in [5, 5.41) is 6.12. The molecule has 160 valence electrons. The van der Waals surface area contributed by atoms with Crippen LogP contribution in [0.3, 0.4) is 0 Å². The Morgan fingerprint density at radius 2 is 1.71 bits per heavy atom. The van der Waals surface area contributed by atoms with Gasteiger partial charge in [0.05, 0.1) is 16.3 Å². The zero-order chi connectivity index (χ0) is 22.4. The topological polar surface area (TPSA) is 103 Å². The minimum absolute atomic E-state index is 0.0590. The average molecular weight is 436 g/mol. The van der Waals surface area contributed by atoms with Crippen molar-refractivity contribution < 1.29 is 8.42 Å². The van der Waals surface area contributed by atoms with Gasteiger partial charge in [0.1, 0.15) is 11.6 Å². The number of sulfonamides is 1. The van der Waals surface area contributed by atoms with E-state index >= 15 is 0 Å². The lowest BCUT2D eigenvalue weighted by Crippen LogP contribution is -2.17. The predicted octanol–water partition coefficient (Wildman–Crippen LogP) is 4.41. The molecule has 7 nitrogen and oxygen atoms in total. The number of nitrogen functional groups attached to an aromatic ring is 1. The molecule has 2 aromatic heterocycles. The molecule has 0 unspecified atom stereocenters. The average Bonchev–Trinajstić information content (AvgIpc) is 3.06. The summed E-state index contributed by atoms with van der Waals surface area (Å²) in [4.78, 5) is 4.32. The summed E-state index contributed by atoms with van der Waals surface area (Å²) in [5.41, 5.74) is 8.41. The van der Waals surface area contributed by atoms with Crippen molar-refractivity contribution in [3.8, 4) is 5.69 Å². The first-order valence-electron chi connectivity index (χ1n) is 9.90. The molecule has 0 aliphatic rings. The van der Waals surface area contributed by atoms with Crippen molar-refractivity contribution in [2.24, 2.45) is 0 Å². The highest BCUT2D eigenvalue weighted by molar-refractivity contribution is 7.92. The highest BCUT2D eigenvalue weighted by atomic mass is 32.2. The molecule has 0 bridgehead atoms. The molecule has 31 heavy (non-hydrogen) atoms. The second-order valence-electron chi connectivity index (χ2n) is 8.53. The summed E-state index contributed by atoms with van der Waals surface area (Å²) < 4.78 is 30.4. The molecule has 0 spiro atoms. The van der Waals surface area contributed by atoms with E-state index in [9.17, 15) is 8.42 Å². The van der Waals surface area contributed by atoms with E-state index in [0.29, 0.717) is 23.0 Å². The van der Waals surface area contributed by atoms with Gasteiger partial charge in [-0.05, 0) is 42.2 Å². The quantitative estimate of drug-likeness (QED) is 0.494. The van der Waals surface area contributed by atoms with E-state index in [2.05, 4.69) is 35.6 Å². The Morgan fingerprint density at radius 3 is 2.39 bits per heavy atom. The normalized spacial score (nSPS) is 12.3. The van der Waals surface area contributed by atoms with E-state index in [0.717, 1.165) is 16.3 Å². The van der Waals surface area contributed by atoms with Crippen molar-refractivity contribution >= 4 is 32.4 Å². The summed E-state index contributed by atoms with van der Waals surface area (Å²) in [7, 11) is -3.80. The highest BCUT2D eigenvalue weighted by Crippen LogP contribution is 2.29. The maximum atomic E-state index is 13.1. The van der Waals surface area contributed by atoms with Crippen LogP contribution < -0.4 is 10.5 Å². The Morgan fingerprint density at radius 1 is 1.00 bits per heavy atom. The largest absolute Gasteiger partial charge is 0.383 e. The SMILES string of the molecule is Cc1cc(NS(=O)(=O)c2ccc(C(C)(C)C)cc2)n(-c2cccc3c(N)nccc23)n1. The van der Waals surface area contributed by atoms with Gasteiger partial charge in [0.15, 0.2) is 0 Å². The van der Waals surface area contributed by atoms with Gasteiger partial charge >= 0.3 is 0 Å². The number of fused-ring (bicyclic) bond motifs is 1. The molecule has 0 atom stereocenters. The van der Waals surface area contributed by atoms with Gasteiger partial charge in [-0.15, -0.1) is 0 Å². The second kappa shape index (κ2) is 7.39. The maximum absolute atomic E-state index is 13.1. The van der Waals surface area contributed by atoms with Gasteiger partial charge in [-0.3, -0.25) is 4.72 Å². The number of benzene rings is 2. The number of hydrogen-bond acceptors (Lipinski definition) is 5. The molecule has 4 rings (SSSR count). The van der Waals surface area contributed by atoms with Crippen molar-refractivity contribution in [3.63, 3.8) is 0 Å². The van der Waals surface area contributed by atoms with E-state index < -0.39 is 10.0 Å². The van der Waals surface area contributed by atoms with Crippen molar-refractivity contribution in [3.05, 3.63) is 72.1 Å². The molecule has 0 saturated heterocycles. The number of rotatable bonds is 4. The number of aromatic nitrogens is 3. The minimum Gasteiger partial charge on any atom is -0.383 e. The van der Waals surface area contributed by atoms with E-state index in [-0.39, 0.29) is 10.3 Å². The molecule has 2 aromatic carbocycles. The lowest BCUT2D eigenvalue weighted by molar-refractivity contribution is 0.587. The van der Waals surface area contributed by atoms with Gasteiger partial charge in [0.25, 0.3) is 10.0 Å². The van der Waals surface area contributed by atoms with Crippen molar-refractivity contribution in [2.75, 3.05) is 10.5 Å². The third kappa shape index (κ3) is 3.98. The highest BCUT2D eigenvalue weighted by Gasteiger charge is 2.21. The van der Waals surface area contributed by atoms with Crippen molar-refractivity contribution in [2.45, 2.75) is 38.0 Å². The van der Waals surface area contributed by atoms with Gasteiger partial charge in [0.2, 0.25) is 0 Å². The van der Waals surface area contributed by atoms with E-state index in [1.807, 2.05) is 43.3 Å². The fourth-order valence-corrected chi connectivity index (χ4v) is 4.52. The van der Waals surface area contributed by atoms with Crippen LogP contribution in [-0.2, 0) is 15.4 Å². The molecular weight excluding hydrogens is 410 g/mol. The van der Waals surface area contributed by atoms with Gasteiger partial charge in [-0.25, -0.2) is 18.1 Å². The fourth-order valence-electron chi connectivity index (χ4n) is 3.48. The van der Waals surface area contributed by atoms with E-state index in [4.69, 9.17) is 5.73 Å². The number of aryl methyl sites for hydroxylation is 1. The molecule has 0 saturated carbocycles. The number of hydrogen-bond donors (Lipinski definition) is 2. The van der Waals surface area contributed by atoms with Crippen molar-refractivity contribution in [1.82, 2.24) is 14.8 Å². The zero-order valence-electron chi connectivity index (χ0n) is 17.9. The van der Waals surface area contributed by atoms with Crippen LogP contribution >= 0.6 is 0 Å². The first-order valence-corrected chi connectivity index (χ1v) is 11.4. The summed E-state index contributed by atoms with van der Waals surface area (Å²) >= 11 is 0. The predicted molar refractivity (Wildman–Crippen MR) is 124 cm³/mol. The molecule has 3 N–H and O–H groups in total. The van der Waals surface area contributed by atoms with E-state index in [1.54, 1.807) is 29.1 Å². The van der Waals surface area contributed by atoms with Crippen LogP contribution in [0, 0.1) is 6.92 Å². The summed E-state index contributed by atoms with van der Waals surface area (Å²) in [6, 6.07) is 16.1. The Labute approximate surface area is 182 Å². The molecule has 0 amide bonds. The molecular formula is C23H25N5O2S. The van der Waals surface area contributed by atoms with E-state index in [1.165, 1.54) is 0 Å². The van der Waals surface area contributed by atoms with Crippen LogP contribution in [0.2, 0.25) is 0 Å². The van der Waals surface area contributed by atoms with Crippen LogP contribution in [0.25, 0.3) is 16.5 Å². The molecule has 0 aliphatic carbocycles. The first-order chi connectivity index (χ1) is 14.6. The van der Waals surface area contributed by atoms with Gasteiger partial charge in [0, 0.05) is 23.0 Å². The third-order valence-corrected chi connectivity index (χ3v) is 6.51. The molecule has 0 radical (unpaired) electrons. The van der Waals surface area contributed by atoms with Crippen LogP contribution in [0.15, 0.2) is 65.7 Å². The number of pyridine rings is 1. The first kappa shape index (κ1) is 20.9. The molecule has 0 fully saturated rings. The number of nitrogens with one attached hydrogen (secondary N) is 1. The Bertz CT molecular complexity index is 1370. The lowest BCUT2D eigenvalue weighted by atomic mass is 9.87. The second-order valence-corrected chi connectivity index (χ2v) is 10.2. The third-order valence-electron chi connectivity index (χ3n) is 5.14. The number of nitrogens with two attached hydrogens (primary N) is 1. The lowest BCUT2D eigenvalue weighted by Gasteiger charge is -2.19. The molecule has 2 heterocycles. The summed E-state index contributed by atoms with van der Waals surface area (Å²) in [6.07, 6.45) is 1.62. The molecule has 4 aromatic rings. The Hall–Kier alpha value is -3.39. The van der Waals surface area contributed by atoms with Crippen molar-refractivity contribution in [1.29, 1.82) is 0 Å². The summed E-state index contributed by atoms with van der Waals surface area (Å²) in [6.45, 7) is 8.07. The minimum atomic E-state index is -3.80. The monoisotopic (exact) mass is 435 g/mol. The van der Waals surface area contributed by atoms with Crippen LogP contribution in [0.1, 0.15) is 32.0 Å². The fraction of sp³-hybridized carbons (Fsp3) is 0.217. The van der Waals surface area contributed by atoms with Gasteiger partial charge < -0.3 is 5.73 Å². The summed E-state index contributed by atoms with van der Waals surface area (Å²) in [5.74, 6) is 0.754. The maximum Gasteiger partial charge on any atom is 0.263 e. The Balaban J connectivity index is 1.76. The standard InChI is InChI=1S/C23H25N5O2S/c1-15-14-21(27-31(29,30)17-10-8-16(9-11-17)23(2,3)4)28(26-15)20-7-5-6-19-18(20)12-13-25-22(19)24/h5-14,27H,1-4H3,(H2,24,25). The Kier molecular flexibility index (Phi) is 4.97. The van der Waals surface area contributed by atoms with Gasteiger partial charge in [-0.1, -0.05) is 45.0 Å². The molecule has 0 aliphatic heterocycles. The number of nitrogens with zero attached hydrogens (tertiary/aromatic N) is 3. The number of anilines is 2. The van der Waals surface area contributed by atoms with Crippen LogP contribution in [0.5, 0.6) is 0 Å². The van der Waals surface area contributed by atoms with Gasteiger partial charge in [-0.2, -0.15) is 5.10 Å². The smallest absolute Gasteiger partial charge is 0.263 e.